The number of hydrogen-bond acceptors (Lipinski definition) is 4. The molecule has 0 saturated carbocycles. The number of carbonyl (C=O) groups is 4. The summed E-state index contributed by atoms with van der Waals surface area (Å²) >= 11 is 0. The van der Waals surface area contributed by atoms with Crippen molar-refractivity contribution in [1.82, 2.24) is 9.80 Å². The zero-order chi connectivity index (χ0) is 14.5. The molecule has 4 amide bonds. The van der Waals surface area contributed by atoms with Crippen molar-refractivity contribution in [2.45, 2.75) is 51.4 Å². The third kappa shape index (κ3) is 3.43. The van der Waals surface area contributed by atoms with E-state index in [1.54, 1.807) is 0 Å². The van der Waals surface area contributed by atoms with Crippen LogP contribution < -0.4 is 0 Å². The van der Waals surface area contributed by atoms with Gasteiger partial charge in [-0.25, -0.2) is 0 Å². The Labute approximate surface area is 118 Å². The van der Waals surface area contributed by atoms with Crippen molar-refractivity contribution in [2.75, 3.05) is 13.1 Å². The molecule has 6 nitrogen and oxygen atoms in total. The van der Waals surface area contributed by atoms with E-state index in [2.05, 4.69) is 0 Å². The van der Waals surface area contributed by atoms with Crippen molar-refractivity contribution in [1.29, 1.82) is 0 Å². The van der Waals surface area contributed by atoms with Crippen LogP contribution in [-0.2, 0) is 19.2 Å². The van der Waals surface area contributed by atoms with Gasteiger partial charge in [0.25, 0.3) is 0 Å². The summed E-state index contributed by atoms with van der Waals surface area (Å²) in [5.74, 6) is -0.461. The highest BCUT2D eigenvalue weighted by molar-refractivity contribution is 5.97. The average Bonchev–Trinajstić information content (AvgIpc) is 3.02. The van der Waals surface area contributed by atoms with Crippen LogP contribution in [0.2, 0.25) is 0 Å². The van der Waals surface area contributed by atoms with Crippen LogP contribution in [0, 0.1) is 0 Å². The third-order valence-corrected chi connectivity index (χ3v) is 3.78. The number of likely N-dealkylation sites (tertiary alicyclic amines) is 2. The maximum absolute atomic E-state index is 11.8. The van der Waals surface area contributed by atoms with Crippen molar-refractivity contribution in [3.63, 3.8) is 0 Å². The Hall–Kier alpha value is -1.72. The molecule has 0 aromatic carbocycles. The highest BCUT2D eigenvalue weighted by Gasteiger charge is 2.27. The molecule has 0 unspecified atom stereocenters. The zero-order valence-corrected chi connectivity index (χ0v) is 11.6. The Morgan fingerprint density at radius 1 is 0.800 bits per heavy atom. The second-order valence-corrected chi connectivity index (χ2v) is 5.29. The predicted octanol–water partition coefficient (Wildman–Crippen LogP) is 0.845. The van der Waals surface area contributed by atoms with E-state index in [9.17, 15) is 19.2 Å². The molecule has 2 fully saturated rings. The fraction of sp³-hybridized carbons (Fsp3) is 0.714. The molecule has 0 aliphatic carbocycles. The second kappa shape index (κ2) is 6.63. The summed E-state index contributed by atoms with van der Waals surface area (Å²) in [6.07, 6.45) is 4.18. The molecule has 20 heavy (non-hydrogen) atoms. The van der Waals surface area contributed by atoms with Crippen molar-refractivity contribution in [3.05, 3.63) is 0 Å². The first-order valence-corrected chi connectivity index (χ1v) is 7.26. The number of carbonyl (C=O) groups excluding carboxylic acids is 4. The van der Waals surface area contributed by atoms with Crippen LogP contribution in [0.5, 0.6) is 0 Å². The van der Waals surface area contributed by atoms with Crippen molar-refractivity contribution >= 4 is 23.6 Å². The van der Waals surface area contributed by atoms with Crippen LogP contribution in [0.25, 0.3) is 0 Å². The monoisotopic (exact) mass is 280 g/mol. The van der Waals surface area contributed by atoms with Gasteiger partial charge in [-0.2, -0.15) is 0 Å². The standard InChI is InChI=1S/C14H20N2O4/c17-11(15-9-3-7-13(15)19)5-1-2-6-12(18)16-10-4-8-14(16)20/h1-10H2. The maximum Gasteiger partial charge on any atom is 0.229 e. The lowest BCUT2D eigenvalue weighted by molar-refractivity contribution is -0.144. The summed E-state index contributed by atoms with van der Waals surface area (Å²) in [5.41, 5.74) is 0. The predicted molar refractivity (Wildman–Crippen MR) is 70.4 cm³/mol. The van der Waals surface area contributed by atoms with Crippen LogP contribution in [0.15, 0.2) is 0 Å². The number of imide groups is 2. The van der Waals surface area contributed by atoms with Gasteiger partial charge in [0.15, 0.2) is 0 Å². The van der Waals surface area contributed by atoms with Gasteiger partial charge in [-0.1, -0.05) is 0 Å². The van der Waals surface area contributed by atoms with E-state index in [4.69, 9.17) is 0 Å². The maximum atomic E-state index is 11.8. The minimum absolute atomic E-state index is 0.0891. The smallest absolute Gasteiger partial charge is 0.229 e. The van der Waals surface area contributed by atoms with Gasteiger partial charge in [0.1, 0.15) is 0 Å². The highest BCUT2D eigenvalue weighted by Crippen LogP contribution is 2.15. The number of amides is 4. The molecule has 2 aliphatic heterocycles. The van der Waals surface area contributed by atoms with Gasteiger partial charge in [0.2, 0.25) is 23.6 Å². The molecule has 2 aliphatic rings. The molecule has 0 radical (unpaired) electrons. The van der Waals surface area contributed by atoms with E-state index in [0.717, 1.165) is 12.8 Å². The average molecular weight is 280 g/mol. The molecule has 0 bridgehead atoms. The van der Waals surface area contributed by atoms with Crippen LogP contribution in [0.1, 0.15) is 51.4 Å². The fourth-order valence-corrected chi connectivity index (χ4v) is 2.65. The van der Waals surface area contributed by atoms with E-state index in [0.29, 0.717) is 51.6 Å². The molecule has 0 spiro atoms. The topological polar surface area (TPSA) is 74.8 Å². The van der Waals surface area contributed by atoms with Gasteiger partial charge in [0.05, 0.1) is 0 Å². The Morgan fingerprint density at radius 3 is 1.50 bits per heavy atom. The Morgan fingerprint density at radius 2 is 1.20 bits per heavy atom. The van der Waals surface area contributed by atoms with Gasteiger partial charge >= 0.3 is 0 Å². The summed E-state index contributed by atoms with van der Waals surface area (Å²) in [4.78, 5) is 48.9. The summed E-state index contributed by atoms with van der Waals surface area (Å²) in [5, 5.41) is 0. The van der Waals surface area contributed by atoms with Crippen LogP contribution >= 0.6 is 0 Å². The quantitative estimate of drug-likeness (QED) is 0.700. The van der Waals surface area contributed by atoms with E-state index < -0.39 is 0 Å². The molecule has 0 N–H and O–H groups in total. The highest BCUT2D eigenvalue weighted by atomic mass is 16.2. The molecule has 0 atom stereocenters. The number of nitrogens with zero attached hydrogens (tertiary/aromatic N) is 2. The van der Waals surface area contributed by atoms with Gasteiger partial charge in [-0.15, -0.1) is 0 Å². The first kappa shape index (κ1) is 14.7. The van der Waals surface area contributed by atoms with E-state index in [1.165, 1.54) is 9.80 Å². The van der Waals surface area contributed by atoms with E-state index in [-0.39, 0.29) is 23.6 Å². The molecule has 2 saturated heterocycles. The summed E-state index contributed by atoms with van der Waals surface area (Å²) < 4.78 is 0. The minimum Gasteiger partial charge on any atom is -0.283 e. The summed E-state index contributed by atoms with van der Waals surface area (Å²) in [6, 6.07) is 0. The molecule has 6 heteroatoms. The molecule has 2 heterocycles. The molecular formula is C14H20N2O4. The van der Waals surface area contributed by atoms with Crippen molar-refractivity contribution < 1.29 is 19.2 Å². The Bertz CT molecular complexity index is 393. The van der Waals surface area contributed by atoms with Crippen LogP contribution in [-0.4, -0.2) is 46.5 Å². The normalized spacial score (nSPS) is 19.0. The van der Waals surface area contributed by atoms with Crippen LogP contribution in [0.3, 0.4) is 0 Å². The Balaban J connectivity index is 1.64. The van der Waals surface area contributed by atoms with Crippen molar-refractivity contribution in [2.24, 2.45) is 0 Å². The Kier molecular flexibility index (Phi) is 4.87. The summed E-state index contributed by atoms with van der Waals surface area (Å²) in [6.45, 7) is 1.05. The zero-order valence-electron chi connectivity index (χ0n) is 11.6. The summed E-state index contributed by atoms with van der Waals surface area (Å²) in [7, 11) is 0. The first-order valence-electron chi connectivity index (χ1n) is 7.26. The molecule has 110 valence electrons. The third-order valence-electron chi connectivity index (χ3n) is 3.78. The number of hydrogen-bond donors (Lipinski definition) is 0. The largest absolute Gasteiger partial charge is 0.283 e. The fourth-order valence-electron chi connectivity index (χ4n) is 2.65. The SMILES string of the molecule is O=C(CCCCC(=O)N1CCCC1=O)N1CCCC1=O. The lowest BCUT2D eigenvalue weighted by atomic mass is 10.1. The van der Waals surface area contributed by atoms with E-state index in [1.807, 2.05) is 0 Å². The van der Waals surface area contributed by atoms with Gasteiger partial charge < -0.3 is 0 Å². The molecule has 0 aromatic heterocycles. The van der Waals surface area contributed by atoms with E-state index >= 15 is 0 Å². The van der Waals surface area contributed by atoms with Gasteiger partial charge in [-0.05, 0) is 25.7 Å². The molecule has 2 rings (SSSR count). The molecule has 0 aromatic rings. The number of rotatable bonds is 5. The van der Waals surface area contributed by atoms with Gasteiger partial charge in [0, 0.05) is 38.8 Å². The lowest BCUT2D eigenvalue weighted by Crippen LogP contribution is -2.32. The second-order valence-electron chi connectivity index (χ2n) is 5.29. The van der Waals surface area contributed by atoms with Gasteiger partial charge in [-0.3, -0.25) is 29.0 Å². The minimum atomic E-state index is -0.141. The molecular weight excluding hydrogens is 260 g/mol. The van der Waals surface area contributed by atoms with Crippen LogP contribution in [0.4, 0.5) is 0 Å². The van der Waals surface area contributed by atoms with Crippen molar-refractivity contribution in [3.8, 4) is 0 Å². The number of unbranched alkanes of at least 4 members (excludes halogenated alkanes) is 1. The first-order chi connectivity index (χ1) is 9.59. The lowest BCUT2D eigenvalue weighted by Gasteiger charge is -2.14.